The highest BCUT2D eigenvalue weighted by molar-refractivity contribution is 8.14. The van der Waals surface area contributed by atoms with E-state index < -0.39 is 24.3 Å². The summed E-state index contributed by atoms with van der Waals surface area (Å²) in [5, 5.41) is 0. The van der Waals surface area contributed by atoms with Crippen LogP contribution in [0.1, 0.15) is 0 Å². The van der Waals surface area contributed by atoms with Gasteiger partial charge < -0.3 is 9.47 Å². The fourth-order valence-electron chi connectivity index (χ4n) is 1.55. The minimum absolute atomic E-state index is 0.0315. The van der Waals surface area contributed by atoms with E-state index in [2.05, 4.69) is 0 Å². The first-order valence-corrected chi connectivity index (χ1v) is 10.7. The zero-order valence-electron chi connectivity index (χ0n) is 11.5. The molecule has 128 valence electrons. The summed E-state index contributed by atoms with van der Waals surface area (Å²) in [5.41, 5.74) is 0. The van der Waals surface area contributed by atoms with Gasteiger partial charge in [0.1, 0.15) is 11.5 Å². The number of benzene rings is 2. The standard InChI is InChI=1S/C13H8Cl2O7S2/c14-23(17,18)11-5-1-9(2-6-11)21-13(16)22-10-3-7-12(8-4-10)24(15,19)20/h1-8H. The molecule has 0 aliphatic heterocycles. The van der Waals surface area contributed by atoms with Crippen molar-refractivity contribution < 1.29 is 31.1 Å². The molecule has 0 aromatic heterocycles. The van der Waals surface area contributed by atoms with Crippen molar-refractivity contribution in [1.29, 1.82) is 0 Å². The molecule has 0 amide bonds. The lowest BCUT2D eigenvalue weighted by Gasteiger charge is -2.06. The molecule has 0 fully saturated rings. The van der Waals surface area contributed by atoms with Gasteiger partial charge in [0.25, 0.3) is 18.1 Å². The first kappa shape index (κ1) is 18.5. The summed E-state index contributed by atoms with van der Waals surface area (Å²) in [7, 11) is 2.57. The van der Waals surface area contributed by atoms with Crippen LogP contribution in [-0.2, 0) is 18.1 Å². The lowest BCUT2D eigenvalue weighted by Crippen LogP contribution is -2.13. The van der Waals surface area contributed by atoms with Crippen molar-refractivity contribution in [2.24, 2.45) is 0 Å². The van der Waals surface area contributed by atoms with Gasteiger partial charge in [-0.1, -0.05) is 0 Å². The number of halogens is 2. The lowest BCUT2D eigenvalue weighted by atomic mass is 10.3. The molecule has 0 unspecified atom stereocenters. The van der Waals surface area contributed by atoms with E-state index in [-0.39, 0.29) is 21.3 Å². The number of rotatable bonds is 4. The van der Waals surface area contributed by atoms with Crippen LogP contribution >= 0.6 is 21.4 Å². The van der Waals surface area contributed by atoms with Gasteiger partial charge in [0.15, 0.2) is 0 Å². The third kappa shape index (κ3) is 5.10. The smallest absolute Gasteiger partial charge is 0.395 e. The second-order valence-corrected chi connectivity index (χ2v) is 9.40. The Hall–Kier alpha value is -1.81. The maximum absolute atomic E-state index is 11.6. The van der Waals surface area contributed by atoms with Crippen molar-refractivity contribution in [3.05, 3.63) is 48.5 Å². The van der Waals surface area contributed by atoms with E-state index >= 15 is 0 Å². The fraction of sp³-hybridized carbons (Fsp3) is 0. The fourth-order valence-corrected chi connectivity index (χ4v) is 3.09. The predicted octanol–water partition coefficient (Wildman–Crippen LogP) is 3.12. The van der Waals surface area contributed by atoms with Gasteiger partial charge in [-0.2, -0.15) is 0 Å². The molecule has 2 rings (SSSR count). The zero-order chi connectivity index (χ0) is 18.0. The highest BCUT2D eigenvalue weighted by Crippen LogP contribution is 2.21. The molecule has 0 bridgehead atoms. The minimum Gasteiger partial charge on any atom is -0.395 e. The average Bonchev–Trinajstić information content (AvgIpc) is 2.46. The molecule has 0 aliphatic rings. The van der Waals surface area contributed by atoms with Crippen LogP contribution < -0.4 is 9.47 Å². The predicted molar refractivity (Wildman–Crippen MR) is 85.6 cm³/mol. The molecule has 0 saturated carbocycles. The van der Waals surface area contributed by atoms with E-state index in [4.69, 9.17) is 30.8 Å². The third-order valence-corrected chi connectivity index (χ3v) is 5.35. The normalized spacial score (nSPS) is 11.8. The van der Waals surface area contributed by atoms with Crippen molar-refractivity contribution in [3.63, 3.8) is 0 Å². The van der Waals surface area contributed by atoms with Crippen molar-refractivity contribution in [1.82, 2.24) is 0 Å². The van der Waals surface area contributed by atoms with Gasteiger partial charge in [-0.25, -0.2) is 21.6 Å². The maximum atomic E-state index is 11.6. The summed E-state index contributed by atoms with van der Waals surface area (Å²) < 4.78 is 54.0. The number of ether oxygens (including phenoxy) is 2. The van der Waals surface area contributed by atoms with Crippen LogP contribution in [0.15, 0.2) is 58.3 Å². The molecule has 2 aromatic carbocycles. The van der Waals surface area contributed by atoms with Crippen LogP contribution in [0.5, 0.6) is 11.5 Å². The van der Waals surface area contributed by atoms with Crippen LogP contribution in [0.2, 0.25) is 0 Å². The molecule has 0 spiro atoms. The number of carbonyl (C=O) groups is 1. The second-order valence-electron chi connectivity index (χ2n) is 4.27. The summed E-state index contributed by atoms with van der Waals surface area (Å²) in [6, 6.07) is 9.52. The number of hydrogen-bond donors (Lipinski definition) is 0. The van der Waals surface area contributed by atoms with Crippen molar-refractivity contribution in [3.8, 4) is 11.5 Å². The van der Waals surface area contributed by atoms with Gasteiger partial charge in [0.2, 0.25) is 0 Å². The van der Waals surface area contributed by atoms with E-state index in [0.717, 1.165) is 24.3 Å². The topological polar surface area (TPSA) is 104 Å². The zero-order valence-corrected chi connectivity index (χ0v) is 14.7. The van der Waals surface area contributed by atoms with E-state index in [1.165, 1.54) is 24.3 Å². The Kier molecular flexibility index (Phi) is 5.38. The Balaban J connectivity index is 2.03. The van der Waals surface area contributed by atoms with Crippen LogP contribution in [0.25, 0.3) is 0 Å². The first-order valence-electron chi connectivity index (χ1n) is 6.05. The minimum atomic E-state index is -3.87. The monoisotopic (exact) mass is 410 g/mol. The quantitative estimate of drug-likeness (QED) is 0.433. The summed E-state index contributed by atoms with van der Waals surface area (Å²) in [4.78, 5) is 11.3. The Labute approximate surface area is 146 Å². The highest BCUT2D eigenvalue weighted by atomic mass is 35.7. The van der Waals surface area contributed by atoms with Gasteiger partial charge in [-0.15, -0.1) is 0 Å². The van der Waals surface area contributed by atoms with E-state index in [0.29, 0.717) is 0 Å². The van der Waals surface area contributed by atoms with Gasteiger partial charge in [0, 0.05) is 21.4 Å². The van der Waals surface area contributed by atoms with E-state index in [1.54, 1.807) is 0 Å². The number of carbonyl (C=O) groups excluding carboxylic acids is 1. The largest absolute Gasteiger partial charge is 0.519 e. The Morgan fingerprint density at radius 2 is 0.958 bits per heavy atom. The molecule has 24 heavy (non-hydrogen) atoms. The summed E-state index contributed by atoms with van der Waals surface area (Å²) in [5.74, 6) is 0.0630. The van der Waals surface area contributed by atoms with E-state index in [9.17, 15) is 21.6 Å². The van der Waals surface area contributed by atoms with Crippen molar-refractivity contribution in [2.45, 2.75) is 9.79 Å². The SMILES string of the molecule is O=C(Oc1ccc(S(=O)(=O)Cl)cc1)Oc1ccc(S(=O)(=O)Cl)cc1. The van der Waals surface area contributed by atoms with Crippen LogP contribution in [0, 0.1) is 0 Å². The summed E-state index contributed by atoms with van der Waals surface area (Å²) >= 11 is 0. The molecule has 0 radical (unpaired) electrons. The molecular formula is C13H8Cl2O7S2. The Bertz CT molecular complexity index is 871. The summed E-state index contributed by atoms with van der Waals surface area (Å²) in [6.07, 6.45) is -1.10. The summed E-state index contributed by atoms with van der Waals surface area (Å²) in [6.45, 7) is 0. The Morgan fingerprint density at radius 3 is 1.21 bits per heavy atom. The molecule has 0 heterocycles. The van der Waals surface area contributed by atoms with E-state index in [1.807, 2.05) is 0 Å². The first-order chi connectivity index (χ1) is 11.1. The molecule has 0 saturated heterocycles. The van der Waals surface area contributed by atoms with Crippen LogP contribution in [0.3, 0.4) is 0 Å². The molecular weight excluding hydrogens is 403 g/mol. The molecule has 11 heteroatoms. The molecule has 2 aromatic rings. The van der Waals surface area contributed by atoms with Gasteiger partial charge >= 0.3 is 6.16 Å². The van der Waals surface area contributed by atoms with Crippen molar-refractivity contribution >= 4 is 45.6 Å². The number of hydrogen-bond acceptors (Lipinski definition) is 7. The van der Waals surface area contributed by atoms with Gasteiger partial charge in [-0.05, 0) is 48.5 Å². The molecule has 0 N–H and O–H groups in total. The van der Waals surface area contributed by atoms with Crippen LogP contribution in [0.4, 0.5) is 4.79 Å². The highest BCUT2D eigenvalue weighted by Gasteiger charge is 2.13. The van der Waals surface area contributed by atoms with Gasteiger partial charge in [-0.3, -0.25) is 0 Å². The third-order valence-electron chi connectivity index (χ3n) is 2.61. The molecule has 7 nitrogen and oxygen atoms in total. The lowest BCUT2D eigenvalue weighted by molar-refractivity contribution is 0.152. The molecule has 0 atom stereocenters. The second kappa shape index (κ2) is 6.98. The average molecular weight is 411 g/mol. The van der Waals surface area contributed by atoms with Crippen molar-refractivity contribution in [2.75, 3.05) is 0 Å². The van der Waals surface area contributed by atoms with Gasteiger partial charge in [0.05, 0.1) is 9.79 Å². The van der Waals surface area contributed by atoms with Crippen LogP contribution in [-0.4, -0.2) is 23.0 Å². The Morgan fingerprint density at radius 1 is 0.667 bits per heavy atom. The molecule has 0 aliphatic carbocycles. The maximum Gasteiger partial charge on any atom is 0.519 e.